The number of hydrogen-bond donors (Lipinski definition) is 0. The maximum Gasteiger partial charge on any atom is 0.160 e. The van der Waals surface area contributed by atoms with Crippen LogP contribution in [0.5, 0.6) is 0 Å². The summed E-state index contributed by atoms with van der Waals surface area (Å²) < 4.78 is 0. The van der Waals surface area contributed by atoms with Gasteiger partial charge < -0.3 is 4.90 Å². The number of thioether (sulfide) groups is 1. The van der Waals surface area contributed by atoms with Gasteiger partial charge in [-0.1, -0.05) is 6.92 Å². The second-order valence-electron chi connectivity index (χ2n) is 3.80. The van der Waals surface area contributed by atoms with Crippen LogP contribution >= 0.6 is 23.1 Å². The molecule has 2 nitrogen and oxygen atoms in total. The topological polar surface area (TPSA) is 20.3 Å². The Labute approximate surface area is 98.7 Å². The van der Waals surface area contributed by atoms with Gasteiger partial charge in [0, 0.05) is 23.6 Å². The normalized spacial score (nSPS) is 26.7. The predicted octanol–water partition coefficient (Wildman–Crippen LogP) is 2.89. The number of nitrogens with zero attached hydrogens (tertiary/aromatic N) is 1. The zero-order valence-electron chi connectivity index (χ0n) is 8.97. The first kappa shape index (κ1) is 11.0. The van der Waals surface area contributed by atoms with E-state index < -0.39 is 0 Å². The van der Waals surface area contributed by atoms with E-state index in [0.29, 0.717) is 11.3 Å². The highest BCUT2D eigenvalue weighted by atomic mass is 32.2. The SMILES string of the molecule is CC1SCCN(c2ccc(C=O)s2)C1C. The average Bonchev–Trinajstić information content (AvgIpc) is 2.70. The Kier molecular flexibility index (Phi) is 3.36. The van der Waals surface area contributed by atoms with Crippen molar-refractivity contribution in [3.63, 3.8) is 0 Å². The van der Waals surface area contributed by atoms with E-state index in [1.54, 1.807) is 11.3 Å². The standard InChI is InChI=1S/C11H15NOS2/c1-8-9(2)14-6-5-12(8)11-4-3-10(7-13)15-11/h3-4,7-9H,5-6H2,1-2H3. The lowest BCUT2D eigenvalue weighted by Crippen LogP contribution is -2.44. The van der Waals surface area contributed by atoms with Crippen molar-refractivity contribution >= 4 is 34.4 Å². The quantitative estimate of drug-likeness (QED) is 0.743. The molecule has 1 aromatic rings. The Balaban J connectivity index is 2.18. The fraction of sp³-hybridized carbons (Fsp3) is 0.545. The van der Waals surface area contributed by atoms with Crippen LogP contribution in [0.1, 0.15) is 23.5 Å². The molecule has 2 unspecified atom stereocenters. The molecule has 2 atom stereocenters. The Morgan fingerprint density at radius 1 is 1.47 bits per heavy atom. The molecule has 0 saturated carbocycles. The van der Waals surface area contributed by atoms with Gasteiger partial charge in [-0.2, -0.15) is 11.8 Å². The number of carbonyl (C=O) groups is 1. The van der Waals surface area contributed by atoms with Crippen molar-refractivity contribution in [2.75, 3.05) is 17.2 Å². The Hall–Kier alpha value is -0.480. The van der Waals surface area contributed by atoms with Gasteiger partial charge in [0.15, 0.2) is 6.29 Å². The molecule has 15 heavy (non-hydrogen) atoms. The smallest absolute Gasteiger partial charge is 0.160 e. The number of hydrogen-bond acceptors (Lipinski definition) is 4. The molecule has 0 bridgehead atoms. The van der Waals surface area contributed by atoms with Crippen molar-refractivity contribution in [1.29, 1.82) is 0 Å². The van der Waals surface area contributed by atoms with E-state index in [-0.39, 0.29) is 0 Å². The summed E-state index contributed by atoms with van der Waals surface area (Å²) in [5.41, 5.74) is 0. The fourth-order valence-electron chi connectivity index (χ4n) is 1.80. The van der Waals surface area contributed by atoms with Crippen LogP contribution in [0.2, 0.25) is 0 Å². The van der Waals surface area contributed by atoms with Crippen molar-refractivity contribution < 1.29 is 4.79 Å². The van der Waals surface area contributed by atoms with Crippen LogP contribution in [0, 0.1) is 0 Å². The summed E-state index contributed by atoms with van der Waals surface area (Å²) in [6, 6.07) is 4.53. The van der Waals surface area contributed by atoms with E-state index in [9.17, 15) is 4.79 Å². The van der Waals surface area contributed by atoms with E-state index in [1.165, 1.54) is 10.8 Å². The average molecular weight is 241 g/mol. The van der Waals surface area contributed by atoms with Gasteiger partial charge >= 0.3 is 0 Å². The molecule has 0 amide bonds. The van der Waals surface area contributed by atoms with E-state index >= 15 is 0 Å². The van der Waals surface area contributed by atoms with Crippen LogP contribution in [-0.2, 0) is 0 Å². The lowest BCUT2D eigenvalue weighted by molar-refractivity contribution is 0.112. The third-order valence-corrected chi connectivity index (χ3v) is 5.28. The van der Waals surface area contributed by atoms with Crippen molar-refractivity contribution in [3.05, 3.63) is 17.0 Å². The number of thiophene rings is 1. The van der Waals surface area contributed by atoms with Crippen LogP contribution < -0.4 is 4.90 Å². The van der Waals surface area contributed by atoms with Crippen molar-refractivity contribution in [2.24, 2.45) is 0 Å². The zero-order valence-corrected chi connectivity index (χ0v) is 10.6. The molecule has 2 rings (SSSR count). The molecular formula is C11H15NOS2. The number of anilines is 1. The molecule has 0 radical (unpaired) electrons. The van der Waals surface area contributed by atoms with Gasteiger partial charge in [-0.05, 0) is 19.1 Å². The first-order valence-corrected chi connectivity index (χ1v) is 7.02. The lowest BCUT2D eigenvalue weighted by Gasteiger charge is -2.38. The van der Waals surface area contributed by atoms with Gasteiger partial charge in [-0.25, -0.2) is 0 Å². The van der Waals surface area contributed by atoms with E-state index in [4.69, 9.17) is 0 Å². The van der Waals surface area contributed by atoms with Crippen LogP contribution in [0.3, 0.4) is 0 Å². The summed E-state index contributed by atoms with van der Waals surface area (Å²) in [7, 11) is 0. The summed E-state index contributed by atoms with van der Waals surface area (Å²) in [6.45, 7) is 5.63. The second-order valence-corrected chi connectivity index (χ2v) is 6.38. The summed E-state index contributed by atoms with van der Waals surface area (Å²) >= 11 is 3.62. The summed E-state index contributed by atoms with van der Waals surface area (Å²) in [5.74, 6) is 1.18. The van der Waals surface area contributed by atoms with Crippen LogP contribution in [0.25, 0.3) is 0 Å². The molecular weight excluding hydrogens is 226 g/mol. The van der Waals surface area contributed by atoms with Gasteiger partial charge in [0.25, 0.3) is 0 Å². The minimum Gasteiger partial charge on any atom is -0.359 e. The van der Waals surface area contributed by atoms with Crippen molar-refractivity contribution in [1.82, 2.24) is 0 Å². The zero-order chi connectivity index (χ0) is 10.8. The Bertz CT molecular complexity index is 350. The fourth-order valence-corrected chi connectivity index (χ4v) is 3.84. The molecule has 82 valence electrons. The third kappa shape index (κ3) is 2.21. The van der Waals surface area contributed by atoms with Gasteiger partial charge in [-0.3, -0.25) is 4.79 Å². The minimum absolute atomic E-state index is 0.557. The number of rotatable bonds is 2. The monoisotopic (exact) mass is 241 g/mol. The molecule has 0 N–H and O–H groups in total. The molecule has 2 heterocycles. The molecule has 0 spiro atoms. The van der Waals surface area contributed by atoms with E-state index in [2.05, 4.69) is 24.8 Å². The highest BCUT2D eigenvalue weighted by molar-refractivity contribution is 8.00. The summed E-state index contributed by atoms with van der Waals surface area (Å²) in [5, 5.41) is 1.90. The summed E-state index contributed by atoms with van der Waals surface area (Å²) in [6.07, 6.45) is 0.932. The molecule has 1 aliphatic rings. The largest absolute Gasteiger partial charge is 0.359 e. The van der Waals surface area contributed by atoms with Gasteiger partial charge in [0.2, 0.25) is 0 Å². The second kappa shape index (κ2) is 4.58. The minimum atomic E-state index is 0.557. The maximum absolute atomic E-state index is 10.6. The van der Waals surface area contributed by atoms with Gasteiger partial charge in [-0.15, -0.1) is 11.3 Å². The first-order chi connectivity index (χ1) is 7.22. The highest BCUT2D eigenvalue weighted by Crippen LogP contribution is 2.33. The molecule has 1 fully saturated rings. The third-order valence-electron chi connectivity index (χ3n) is 2.90. The maximum atomic E-state index is 10.6. The Morgan fingerprint density at radius 2 is 2.27 bits per heavy atom. The van der Waals surface area contributed by atoms with Gasteiger partial charge in [0.1, 0.15) is 0 Å². The molecule has 1 aromatic heterocycles. The summed E-state index contributed by atoms with van der Waals surface area (Å²) in [4.78, 5) is 13.9. The van der Waals surface area contributed by atoms with Gasteiger partial charge in [0.05, 0.1) is 9.88 Å². The lowest BCUT2D eigenvalue weighted by atomic mass is 10.2. The molecule has 0 aliphatic carbocycles. The molecule has 0 aromatic carbocycles. The number of aldehydes is 1. The van der Waals surface area contributed by atoms with Crippen LogP contribution in [0.4, 0.5) is 5.00 Å². The number of carbonyl (C=O) groups excluding carboxylic acids is 1. The van der Waals surface area contributed by atoms with Crippen molar-refractivity contribution in [3.8, 4) is 0 Å². The molecule has 1 aliphatic heterocycles. The van der Waals surface area contributed by atoms with E-state index in [1.807, 2.05) is 17.8 Å². The highest BCUT2D eigenvalue weighted by Gasteiger charge is 2.26. The predicted molar refractivity (Wildman–Crippen MR) is 68.4 cm³/mol. The van der Waals surface area contributed by atoms with Crippen LogP contribution in [-0.4, -0.2) is 29.9 Å². The van der Waals surface area contributed by atoms with E-state index in [0.717, 1.165) is 17.7 Å². The molecule has 4 heteroatoms. The Morgan fingerprint density at radius 3 is 2.93 bits per heavy atom. The van der Waals surface area contributed by atoms with Crippen molar-refractivity contribution in [2.45, 2.75) is 25.1 Å². The molecule has 1 saturated heterocycles. The first-order valence-electron chi connectivity index (χ1n) is 5.15. The van der Waals surface area contributed by atoms with Crippen LogP contribution in [0.15, 0.2) is 12.1 Å².